The number of rotatable bonds is 18. The molecule has 0 aliphatic rings. The van der Waals surface area contributed by atoms with Crippen LogP contribution < -0.4 is 0 Å². The number of azide groups is 1. The van der Waals surface area contributed by atoms with Gasteiger partial charge in [0.2, 0.25) is 0 Å². The molecule has 138 valence electrons. The van der Waals surface area contributed by atoms with Crippen molar-refractivity contribution in [3.63, 3.8) is 0 Å². The Kier molecular flexibility index (Phi) is 16.4. The van der Waals surface area contributed by atoms with E-state index in [0.717, 1.165) is 0 Å². The number of carbonyl (C=O) groups excluding carboxylic acids is 1. The SMILES string of the molecule is [N-]=[N+]=NCC(=O)CCCOCCOCCOCCOCCC(=O)O. The van der Waals surface area contributed by atoms with Crippen LogP contribution in [0.3, 0.4) is 0 Å². The average Bonchev–Trinajstić information content (AvgIpc) is 2.56. The van der Waals surface area contributed by atoms with Crippen molar-refractivity contribution in [2.24, 2.45) is 5.11 Å². The lowest BCUT2D eigenvalue weighted by Crippen LogP contribution is -2.13. The fourth-order valence-electron chi connectivity index (χ4n) is 1.48. The van der Waals surface area contributed by atoms with Crippen molar-refractivity contribution >= 4 is 11.8 Å². The first-order chi connectivity index (χ1) is 11.7. The van der Waals surface area contributed by atoms with Gasteiger partial charge in [-0.3, -0.25) is 9.59 Å². The third-order valence-corrected chi connectivity index (χ3v) is 2.63. The molecule has 0 aliphatic carbocycles. The summed E-state index contributed by atoms with van der Waals surface area (Å²) in [7, 11) is 0. The molecule has 0 rings (SSSR count). The van der Waals surface area contributed by atoms with Crippen LogP contribution in [0.25, 0.3) is 10.4 Å². The van der Waals surface area contributed by atoms with E-state index < -0.39 is 5.97 Å². The van der Waals surface area contributed by atoms with Gasteiger partial charge in [0.25, 0.3) is 0 Å². The van der Waals surface area contributed by atoms with E-state index in [1.165, 1.54) is 0 Å². The summed E-state index contributed by atoms with van der Waals surface area (Å²) in [6.45, 7) is 3.01. The number of aliphatic carboxylic acids is 1. The molecule has 0 radical (unpaired) electrons. The van der Waals surface area contributed by atoms with Gasteiger partial charge in [0.05, 0.1) is 59.2 Å². The highest BCUT2D eigenvalue weighted by Crippen LogP contribution is 1.93. The van der Waals surface area contributed by atoms with Crippen LogP contribution in [-0.2, 0) is 28.5 Å². The van der Waals surface area contributed by atoms with Crippen molar-refractivity contribution < 1.29 is 33.6 Å². The molecular formula is C14H25N3O7. The first-order valence-corrected chi connectivity index (χ1v) is 7.72. The second-order valence-electron chi connectivity index (χ2n) is 4.62. The summed E-state index contributed by atoms with van der Waals surface area (Å²) in [5.74, 6) is -0.983. The lowest BCUT2D eigenvalue weighted by Gasteiger charge is -2.07. The van der Waals surface area contributed by atoms with Gasteiger partial charge >= 0.3 is 5.97 Å². The van der Waals surface area contributed by atoms with Crippen LogP contribution >= 0.6 is 0 Å². The van der Waals surface area contributed by atoms with Crippen molar-refractivity contribution in [2.75, 3.05) is 59.4 Å². The molecule has 0 amide bonds. The number of ether oxygens (including phenoxy) is 4. The molecule has 0 aromatic rings. The third kappa shape index (κ3) is 18.3. The Balaban J connectivity index is 3.11. The maximum absolute atomic E-state index is 11.2. The molecule has 0 aromatic carbocycles. The van der Waals surface area contributed by atoms with Crippen LogP contribution in [-0.4, -0.2) is 76.3 Å². The minimum absolute atomic E-state index is 0.00885. The van der Waals surface area contributed by atoms with Gasteiger partial charge in [-0.2, -0.15) is 0 Å². The zero-order valence-electron chi connectivity index (χ0n) is 13.7. The van der Waals surface area contributed by atoms with Crippen LogP contribution in [0.15, 0.2) is 5.11 Å². The number of hydrogen-bond acceptors (Lipinski definition) is 7. The van der Waals surface area contributed by atoms with Crippen LogP contribution in [0.2, 0.25) is 0 Å². The fraction of sp³-hybridized carbons (Fsp3) is 0.857. The molecule has 1 N–H and O–H groups in total. The minimum atomic E-state index is -0.883. The van der Waals surface area contributed by atoms with Crippen molar-refractivity contribution in [1.29, 1.82) is 0 Å². The van der Waals surface area contributed by atoms with Gasteiger partial charge in [-0.1, -0.05) is 5.11 Å². The molecule has 0 aromatic heterocycles. The lowest BCUT2D eigenvalue weighted by atomic mass is 10.2. The Bertz CT molecular complexity index is 387. The lowest BCUT2D eigenvalue weighted by molar-refractivity contribution is -0.138. The fourth-order valence-corrected chi connectivity index (χ4v) is 1.48. The highest BCUT2D eigenvalue weighted by atomic mass is 16.6. The van der Waals surface area contributed by atoms with Gasteiger partial charge in [-0.05, 0) is 12.0 Å². The molecule has 24 heavy (non-hydrogen) atoms. The molecule has 0 saturated heterocycles. The highest BCUT2D eigenvalue weighted by molar-refractivity contribution is 5.80. The largest absolute Gasteiger partial charge is 0.481 e. The van der Waals surface area contributed by atoms with E-state index in [1.54, 1.807) is 0 Å². The predicted octanol–water partition coefficient (Wildman–Crippen LogP) is 1.19. The normalized spacial score (nSPS) is 10.3. The number of carbonyl (C=O) groups is 2. The van der Waals surface area contributed by atoms with E-state index in [9.17, 15) is 9.59 Å². The Morgan fingerprint density at radius 1 is 0.833 bits per heavy atom. The number of carboxylic acids is 1. The summed E-state index contributed by atoms with van der Waals surface area (Å²) in [6, 6.07) is 0. The predicted molar refractivity (Wildman–Crippen MR) is 83.8 cm³/mol. The Morgan fingerprint density at radius 3 is 1.83 bits per heavy atom. The van der Waals surface area contributed by atoms with E-state index in [1.807, 2.05) is 0 Å². The number of Topliss-reactive ketones (excluding diaryl/α,β-unsaturated/α-hetero) is 1. The second kappa shape index (κ2) is 17.6. The second-order valence-corrected chi connectivity index (χ2v) is 4.62. The zero-order valence-corrected chi connectivity index (χ0v) is 13.7. The highest BCUT2D eigenvalue weighted by Gasteiger charge is 2.00. The van der Waals surface area contributed by atoms with E-state index in [-0.39, 0.29) is 25.4 Å². The molecule has 0 atom stereocenters. The van der Waals surface area contributed by atoms with Gasteiger partial charge in [0, 0.05) is 17.9 Å². The first-order valence-electron chi connectivity index (χ1n) is 7.72. The van der Waals surface area contributed by atoms with E-state index in [2.05, 4.69) is 10.0 Å². The number of hydrogen-bond donors (Lipinski definition) is 1. The molecule has 0 saturated carbocycles. The summed E-state index contributed by atoms with van der Waals surface area (Å²) in [4.78, 5) is 23.9. The molecule has 0 heterocycles. The average molecular weight is 347 g/mol. The molecule has 10 nitrogen and oxygen atoms in total. The molecule has 0 unspecified atom stereocenters. The summed E-state index contributed by atoms with van der Waals surface area (Å²) >= 11 is 0. The summed E-state index contributed by atoms with van der Waals surface area (Å²) in [5.41, 5.74) is 8.06. The van der Waals surface area contributed by atoms with Crippen molar-refractivity contribution in [3.8, 4) is 0 Å². The van der Waals surface area contributed by atoms with Crippen LogP contribution in [0.4, 0.5) is 0 Å². The van der Waals surface area contributed by atoms with Gasteiger partial charge < -0.3 is 24.1 Å². The van der Waals surface area contributed by atoms with Gasteiger partial charge in [0.15, 0.2) is 0 Å². The Hall–Kier alpha value is -1.71. The van der Waals surface area contributed by atoms with Gasteiger partial charge in [-0.25, -0.2) is 0 Å². The minimum Gasteiger partial charge on any atom is -0.481 e. The van der Waals surface area contributed by atoms with E-state index >= 15 is 0 Å². The Labute approximate surface area is 140 Å². The molecule has 0 fully saturated rings. The number of carboxylic acid groups (broad SMARTS) is 1. The van der Waals surface area contributed by atoms with E-state index in [0.29, 0.717) is 59.1 Å². The zero-order chi connectivity index (χ0) is 17.9. The van der Waals surface area contributed by atoms with Gasteiger partial charge in [0.1, 0.15) is 5.78 Å². The summed E-state index contributed by atoms with van der Waals surface area (Å²) in [5, 5.41) is 11.6. The summed E-state index contributed by atoms with van der Waals surface area (Å²) in [6.07, 6.45) is 0.915. The van der Waals surface area contributed by atoms with E-state index in [4.69, 9.17) is 29.6 Å². The summed E-state index contributed by atoms with van der Waals surface area (Å²) < 4.78 is 20.9. The Morgan fingerprint density at radius 2 is 1.33 bits per heavy atom. The van der Waals surface area contributed by atoms with Crippen molar-refractivity contribution in [1.82, 2.24) is 0 Å². The van der Waals surface area contributed by atoms with Gasteiger partial charge in [-0.15, -0.1) is 0 Å². The molecule has 10 heteroatoms. The number of nitrogens with zero attached hydrogens (tertiary/aromatic N) is 3. The first kappa shape index (κ1) is 22.3. The topological polar surface area (TPSA) is 140 Å². The molecular weight excluding hydrogens is 322 g/mol. The molecule has 0 aliphatic heterocycles. The van der Waals surface area contributed by atoms with Crippen LogP contribution in [0.1, 0.15) is 19.3 Å². The molecule has 0 bridgehead atoms. The maximum Gasteiger partial charge on any atom is 0.305 e. The monoisotopic (exact) mass is 347 g/mol. The van der Waals surface area contributed by atoms with Crippen molar-refractivity contribution in [3.05, 3.63) is 10.4 Å². The van der Waals surface area contributed by atoms with Crippen molar-refractivity contribution in [2.45, 2.75) is 19.3 Å². The van der Waals surface area contributed by atoms with Crippen LogP contribution in [0, 0.1) is 0 Å². The van der Waals surface area contributed by atoms with Crippen LogP contribution in [0.5, 0.6) is 0 Å². The molecule has 0 spiro atoms. The maximum atomic E-state index is 11.2. The smallest absolute Gasteiger partial charge is 0.305 e. The quantitative estimate of drug-likeness (QED) is 0.170. The third-order valence-electron chi connectivity index (χ3n) is 2.63. The standard InChI is InChI=1S/C14H25N3O7/c15-17-16-12-13(18)2-1-4-21-6-8-23-10-11-24-9-7-22-5-3-14(19)20/h1-12H2,(H,19,20). The number of ketones is 1.